The number of anilines is 3. The number of esters is 1. The van der Waals surface area contributed by atoms with Gasteiger partial charge < -0.3 is 20.7 Å². The second-order valence-corrected chi connectivity index (χ2v) is 6.87. The summed E-state index contributed by atoms with van der Waals surface area (Å²) in [6, 6.07) is 20.9. The fraction of sp³-hybridized carbons (Fsp3) is 0.125. The summed E-state index contributed by atoms with van der Waals surface area (Å²) in [5, 5.41) is 8.60. The molecule has 3 N–H and O–H groups in total. The van der Waals surface area contributed by atoms with Crippen LogP contribution < -0.4 is 16.0 Å². The number of rotatable bonds is 7. The second-order valence-electron chi connectivity index (χ2n) is 6.87. The van der Waals surface area contributed by atoms with E-state index in [0.717, 1.165) is 5.56 Å². The van der Waals surface area contributed by atoms with E-state index < -0.39 is 5.97 Å². The largest absolute Gasteiger partial charge is 0.465 e. The monoisotopic (exact) mass is 417 g/mol. The van der Waals surface area contributed by atoms with Crippen LogP contribution in [0, 0.1) is 6.92 Å². The van der Waals surface area contributed by atoms with Crippen LogP contribution in [0.1, 0.15) is 26.3 Å². The molecule has 2 amide bonds. The number of hydrogen-bond acceptors (Lipinski definition) is 5. The summed E-state index contributed by atoms with van der Waals surface area (Å²) in [5.74, 6) is -0.834. The SMILES string of the molecule is COC(=O)c1ccc(NCC(=O)Nc2ccc(NC(=O)c3cccc(C)c3)cc2)cc1. The first kappa shape index (κ1) is 21.6. The van der Waals surface area contributed by atoms with Crippen molar-refractivity contribution >= 4 is 34.8 Å². The zero-order valence-corrected chi connectivity index (χ0v) is 17.3. The highest BCUT2D eigenvalue weighted by molar-refractivity contribution is 6.04. The molecule has 0 heterocycles. The third-order valence-corrected chi connectivity index (χ3v) is 4.47. The van der Waals surface area contributed by atoms with Gasteiger partial charge in [-0.15, -0.1) is 0 Å². The van der Waals surface area contributed by atoms with Crippen LogP contribution in [0.3, 0.4) is 0 Å². The number of carbonyl (C=O) groups is 3. The molecule has 0 aromatic heterocycles. The molecule has 0 bridgehead atoms. The molecule has 0 fully saturated rings. The van der Waals surface area contributed by atoms with Gasteiger partial charge in [0, 0.05) is 22.6 Å². The molecule has 0 saturated heterocycles. The van der Waals surface area contributed by atoms with Gasteiger partial charge >= 0.3 is 5.97 Å². The van der Waals surface area contributed by atoms with Gasteiger partial charge in [0.2, 0.25) is 5.91 Å². The predicted octanol–water partition coefficient (Wildman–Crippen LogP) is 4.08. The van der Waals surface area contributed by atoms with Gasteiger partial charge in [0.05, 0.1) is 19.2 Å². The molecule has 0 aliphatic heterocycles. The summed E-state index contributed by atoms with van der Waals surface area (Å²) in [5.41, 5.74) is 3.99. The average molecular weight is 417 g/mol. The molecule has 3 rings (SSSR count). The first-order valence-corrected chi connectivity index (χ1v) is 9.65. The molecule has 7 nitrogen and oxygen atoms in total. The minimum absolute atomic E-state index is 0.0589. The smallest absolute Gasteiger partial charge is 0.337 e. The third-order valence-electron chi connectivity index (χ3n) is 4.47. The molecular weight excluding hydrogens is 394 g/mol. The number of methoxy groups -OCH3 is 1. The van der Waals surface area contributed by atoms with Crippen molar-refractivity contribution in [2.45, 2.75) is 6.92 Å². The van der Waals surface area contributed by atoms with E-state index in [2.05, 4.69) is 20.7 Å². The maximum Gasteiger partial charge on any atom is 0.337 e. The molecule has 7 heteroatoms. The molecule has 158 valence electrons. The fourth-order valence-electron chi connectivity index (χ4n) is 2.86. The van der Waals surface area contributed by atoms with Crippen molar-refractivity contribution in [1.82, 2.24) is 0 Å². The van der Waals surface area contributed by atoms with Gasteiger partial charge in [-0.2, -0.15) is 0 Å². The van der Waals surface area contributed by atoms with E-state index in [9.17, 15) is 14.4 Å². The number of aryl methyl sites for hydroxylation is 1. The van der Waals surface area contributed by atoms with E-state index in [0.29, 0.717) is 28.2 Å². The highest BCUT2D eigenvalue weighted by Gasteiger charge is 2.08. The van der Waals surface area contributed by atoms with Crippen molar-refractivity contribution < 1.29 is 19.1 Å². The van der Waals surface area contributed by atoms with Gasteiger partial charge in [-0.1, -0.05) is 17.7 Å². The van der Waals surface area contributed by atoms with Gasteiger partial charge in [0.1, 0.15) is 0 Å². The molecule has 31 heavy (non-hydrogen) atoms. The molecule has 0 atom stereocenters. The molecule has 0 unspecified atom stereocenters. The van der Waals surface area contributed by atoms with Crippen molar-refractivity contribution in [3.05, 3.63) is 89.5 Å². The Balaban J connectivity index is 1.49. The minimum atomic E-state index is -0.414. The molecule has 3 aromatic rings. The molecule has 3 aromatic carbocycles. The lowest BCUT2D eigenvalue weighted by atomic mass is 10.1. The van der Waals surface area contributed by atoms with Crippen molar-refractivity contribution in [3.63, 3.8) is 0 Å². The molecule has 0 aliphatic carbocycles. The topological polar surface area (TPSA) is 96.5 Å². The van der Waals surface area contributed by atoms with Crippen LogP contribution in [-0.2, 0) is 9.53 Å². The Kier molecular flexibility index (Phi) is 7.01. The predicted molar refractivity (Wildman–Crippen MR) is 120 cm³/mol. The maximum absolute atomic E-state index is 12.3. The van der Waals surface area contributed by atoms with Gasteiger partial charge in [0.25, 0.3) is 5.91 Å². The summed E-state index contributed by atoms with van der Waals surface area (Å²) in [6.45, 7) is 1.99. The van der Waals surface area contributed by atoms with Crippen LogP contribution in [0.25, 0.3) is 0 Å². The van der Waals surface area contributed by atoms with Crippen molar-refractivity contribution in [1.29, 1.82) is 0 Å². The zero-order chi connectivity index (χ0) is 22.2. The quantitative estimate of drug-likeness (QED) is 0.503. The Morgan fingerprint density at radius 3 is 2.00 bits per heavy atom. The molecular formula is C24H23N3O4. The molecule has 0 saturated carbocycles. The van der Waals surface area contributed by atoms with E-state index >= 15 is 0 Å². The van der Waals surface area contributed by atoms with E-state index in [1.807, 2.05) is 25.1 Å². The zero-order valence-electron chi connectivity index (χ0n) is 17.3. The van der Waals surface area contributed by atoms with Gasteiger partial charge in [-0.05, 0) is 67.6 Å². The number of benzene rings is 3. The normalized spacial score (nSPS) is 10.1. The van der Waals surface area contributed by atoms with E-state index in [4.69, 9.17) is 0 Å². The van der Waals surface area contributed by atoms with Gasteiger partial charge in [-0.25, -0.2) is 4.79 Å². The maximum atomic E-state index is 12.3. The number of ether oxygens (including phenoxy) is 1. The average Bonchev–Trinajstić information content (AvgIpc) is 2.79. The summed E-state index contributed by atoms with van der Waals surface area (Å²) in [4.78, 5) is 35.9. The van der Waals surface area contributed by atoms with E-state index in [1.165, 1.54) is 7.11 Å². The molecule has 0 aliphatic rings. The molecule has 0 radical (unpaired) electrons. The van der Waals surface area contributed by atoms with Crippen LogP contribution >= 0.6 is 0 Å². The number of amides is 2. The van der Waals surface area contributed by atoms with Crippen LogP contribution in [0.15, 0.2) is 72.8 Å². The van der Waals surface area contributed by atoms with Crippen molar-refractivity contribution in [2.24, 2.45) is 0 Å². The minimum Gasteiger partial charge on any atom is -0.465 e. The first-order chi connectivity index (χ1) is 14.9. The molecule has 0 spiro atoms. The summed E-state index contributed by atoms with van der Waals surface area (Å²) in [7, 11) is 1.32. The van der Waals surface area contributed by atoms with Crippen molar-refractivity contribution in [2.75, 3.05) is 29.6 Å². The highest BCUT2D eigenvalue weighted by Crippen LogP contribution is 2.15. The number of nitrogens with one attached hydrogen (secondary N) is 3. The lowest BCUT2D eigenvalue weighted by Crippen LogP contribution is -2.21. The van der Waals surface area contributed by atoms with Crippen LogP contribution in [-0.4, -0.2) is 31.4 Å². The summed E-state index contributed by atoms with van der Waals surface area (Å²) >= 11 is 0. The Bertz CT molecular complexity index is 1080. The van der Waals surface area contributed by atoms with E-state index in [-0.39, 0.29) is 18.4 Å². The van der Waals surface area contributed by atoms with Gasteiger partial charge in [-0.3, -0.25) is 9.59 Å². The summed E-state index contributed by atoms with van der Waals surface area (Å²) < 4.78 is 4.65. The number of carbonyl (C=O) groups excluding carboxylic acids is 3. The summed E-state index contributed by atoms with van der Waals surface area (Å²) in [6.07, 6.45) is 0. The fourth-order valence-corrected chi connectivity index (χ4v) is 2.86. The Labute approximate surface area is 180 Å². The third kappa shape index (κ3) is 6.17. The van der Waals surface area contributed by atoms with Crippen LogP contribution in [0.5, 0.6) is 0 Å². The second kappa shape index (κ2) is 10.1. The standard InChI is InChI=1S/C24H23N3O4/c1-16-4-3-5-18(14-16)23(29)27-21-12-10-20(11-13-21)26-22(28)15-25-19-8-6-17(7-9-19)24(30)31-2/h3-14,25H,15H2,1-2H3,(H,26,28)(H,27,29). The van der Waals surface area contributed by atoms with Crippen LogP contribution in [0.2, 0.25) is 0 Å². The van der Waals surface area contributed by atoms with Gasteiger partial charge in [0.15, 0.2) is 0 Å². The van der Waals surface area contributed by atoms with E-state index in [1.54, 1.807) is 54.6 Å². The van der Waals surface area contributed by atoms with Crippen molar-refractivity contribution in [3.8, 4) is 0 Å². The lowest BCUT2D eigenvalue weighted by Gasteiger charge is -2.10. The Morgan fingerprint density at radius 1 is 0.774 bits per heavy atom. The number of hydrogen-bond donors (Lipinski definition) is 3. The first-order valence-electron chi connectivity index (χ1n) is 9.65. The Hall–Kier alpha value is -4.13. The highest BCUT2D eigenvalue weighted by atomic mass is 16.5. The van der Waals surface area contributed by atoms with Crippen LogP contribution in [0.4, 0.5) is 17.1 Å². The lowest BCUT2D eigenvalue weighted by molar-refractivity contribution is -0.114. The Morgan fingerprint density at radius 2 is 1.39 bits per heavy atom.